The van der Waals surface area contributed by atoms with Crippen LogP contribution in [0.5, 0.6) is 5.75 Å². The molecule has 3 unspecified atom stereocenters. The second-order valence-electron chi connectivity index (χ2n) is 7.43. The molecule has 0 N–H and O–H groups in total. The molecule has 5 nitrogen and oxygen atoms in total. The number of fused-ring (bicyclic) bond motifs is 1. The topological polar surface area (TPSA) is 64.5 Å². The minimum absolute atomic E-state index is 0.0340. The van der Waals surface area contributed by atoms with Crippen LogP contribution in [0.4, 0.5) is 0 Å². The van der Waals surface area contributed by atoms with E-state index in [0.717, 1.165) is 18.2 Å². The highest BCUT2D eigenvalue weighted by atomic mass is 16.6. The van der Waals surface area contributed by atoms with Crippen LogP contribution < -0.4 is 10.4 Å². The molecule has 1 aromatic heterocycles. The van der Waals surface area contributed by atoms with E-state index in [-0.39, 0.29) is 22.9 Å². The van der Waals surface area contributed by atoms with E-state index in [1.54, 1.807) is 12.1 Å². The first-order valence-electron chi connectivity index (χ1n) is 8.38. The van der Waals surface area contributed by atoms with Crippen LogP contribution >= 0.6 is 0 Å². The summed E-state index contributed by atoms with van der Waals surface area (Å²) in [6.45, 7) is 6.85. The summed E-state index contributed by atoms with van der Waals surface area (Å²) in [6.07, 6.45) is 2.43. The van der Waals surface area contributed by atoms with Crippen LogP contribution in [0.25, 0.3) is 11.0 Å². The fourth-order valence-corrected chi connectivity index (χ4v) is 3.18. The molecular weight excluding hydrogens is 308 g/mol. The van der Waals surface area contributed by atoms with Crippen molar-refractivity contribution in [3.63, 3.8) is 0 Å². The molecule has 0 spiro atoms. The third-order valence-corrected chi connectivity index (χ3v) is 5.10. The van der Waals surface area contributed by atoms with Crippen molar-refractivity contribution in [2.24, 2.45) is 0 Å². The van der Waals surface area contributed by atoms with Crippen molar-refractivity contribution in [3.05, 3.63) is 40.8 Å². The highest BCUT2D eigenvalue weighted by Crippen LogP contribution is 2.45. The van der Waals surface area contributed by atoms with E-state index in [1.165, 1.54) is 6.07 Å². The molecule has 0 radical (unpaired) electrons. The van der Waals surface area contributed by atoms with Crippen molar-refractivity contribution >= 4 is 11.0 Å². The van der Waals surface area contributed by atoms with Gasteiger partial charge in [-0.1, -0.05) is 0 Å². The third-order valence-electron chi connectivity index (χ3n) is 5.10. The molecule has 0 amide bonds. The maximum absolute atomic E-state index is 11.3. The normalized spacial score (nSPS) is 30.3. The van der Waals surface area contributed by atoms with Gasteiger partial charge in [0.05, 0.1) is 17.3 Å². The maximum Gasteiger partial charge on any atom is 0.336 e. The van der Waals surface area contributed by atoms with Crippen molar-refractivity contribution in [2.45, 2.75) is 57.0 Å². The van der Waals surface area contributed by atoms with E-state index >= 15 is 0 Å². The van der Waals surface area contributed by atoms with Gasteiger partial charge in [0.15, 0.2) is 0 Å². The Labute approximate surface area is 140 Å². The van der Waals surface area contributed by atoms with Crippen LogP contribution in [0, 0.1) is 0 Å². The standard InChI is InChI=1S/C19H22O5/c1-18(2)15(23-18)8-9-19(3)16(24-19)11-21-13-6-4-12-5-7-17(20)22-14(12)10-13/h4-7,10,15-16H,8-9,11H2,1-3H3. The molecular formula is C19H22O5. The van der Waals surface area contributed by atoms with Crippen molar-refractivity contribution in [1.29, 1.82) is 0 Å². The molecule has 2 aliphatic rings. The zero-order valence-electron chi connectivity index (χ0n) is 14.2. The minimum atomic E-state index is -0.358. The van der Waals surface area contributed by atoms with Crippen LogP contribution in [0.3, 0.4) is 0 Å². The van der Waals surface area contributed by atoms with E-state index < -0.39 is 0 Å². The van der Waals surface area contributed by atoms with Gasteiger partial charge in [-0.05, 0) is 51.8 Å². The number of hydrogen-bond donors (Lipinski definition) is 0. The molecule has 128 valence electrons. The van der Waals surface area contributed by atoms with Crippen molar-refractivity contribution in [1.82, 2.24) is 0 Å². The lowest BCUT2D eigenvalue weighted by Gasteiger charge is -2.08. The first kappa shape index (κ1) is 15.7. The molecule has 2 aliphatic heterocycles. The van der Waals surface area contributed by atoms with Gasteiger partial charge in [0.2, 0.25) is 0 Å². The van der Waals surface area contributed by atoms with Gasteiger partial charge in [0.25, 0.3) is 0 Å². The fraction of sp³-hybridized carbons (Fsp3) is 0.526. The lowest BCUT2D eigenvalue weighted by Crippen LogP contribution is -2.17. The monoisotopic (exact) mass is 330 g/mol. The van der Waals surface area contributed by atoms with Gasteiger partial charge in [0, 0.05) is 17.5 Å². The molecule has 2 aromatic rings. The predicted molar refractivity (Wildman–Crippen MR) is 89.4 cm³/mol. The molecule has 1 aromatic carbocycles. The lowest BCUT2D eigenvalue weighted by atomic mass is 9.97. The molecule has 2 fully saturated rings. The number of rotatable bonds is 6. The van der Waals surface area contributed by atoms with Gasteiger partial charge in [-0.2, -0.15) is 0 Å². The van der Waals surface area contributed by atoms with Gasteiger partial charge in [-0.25, -0.2) is 4.79 Å². The van der Waals surface area contributed by atoms with Gasteiger partial charge in [-0.3, -0.25) is 0 Å². The maximum atomic E-state index is 11.3. The first-order chi connectivity index (χ1) is 11.4. The summed E-state index contributed by atoms with van der Waals surface area (Å²) in [6, 6.07) is 8.66. The molecule has 3 heterocycles. The lowest BCUT2D eigenvalue weighted by molar-refractivity contribution is 0.246. The second-order valence-corrected chi connectivity index (χ2v) is 7.43. The molecule has 0 aliphatic carbocycles. The highest BCUT2D eigenvalue weighted by molar-refractivity contribution is 5.77. The Morgan fingerprint density at radius 3 is 2.58 bits per heavy atom. The molecule has 3 atom stereocenters. The van der Waals surface area contributed by atoms with Crippen LogP contribution in [0.2, 0.25) is 0 Å². The molecule has 4 rings (SSSR count). The summed E-state index contributed by atoms with van der Waals surface area (Å²) in [7, 11) is 0. The summed E-state index contributed by atoms with van der Waals surface area (Å²) in [5.74, 6) is 0.682. The average molecular weight is 330 g/mol. The van der Waals surface area contributed by atoms with Gasteiger partial charge in [-0.15, -0.1) is 0 Å². The Balaban J connectivity index is 1.32. The summed E-state index contributed by atoms with van der Waals surface area (Å²) in [5, 5.41) is 0.876. The summed E-state index contributed by atoms with van der Waals surface area (Å²) < 4.78 is 22.4. The largest absolute Gasteiger partial charge is 0.491 e. The van der Waals surface area contributed by atoms with Gasteiger partial charge in [0.1, 0.15) is 24.0 Å². The first-order valence-corrected chi connectivity index (χ1v) is 8.38. The second kappa shape index (κ2) is 5.33. The number of hydrogen-bond acceptors (Lipinski definition) is 5. The van der Waals surface area contributed by atoms with Crippen LogP contribution in [0.15, 0.2) is 39.5 Å². The molecule has 0 bridgehead atoms. The smallest absolute Gasteiger partial charge is 0.336 e. The van der Waals surface area contributed by atoms with Crippen LogP contribution in [-0.2, 0) is 9.47 Å². The Morgan fingerprint density at radius 2 is 1.83 bits per heavy atom. The number of ether oxygens (including phenoxy) is 3. The third kappa shape index (κ3) is 3.06. The van der Waals surface area contributed by atoms with Gasteiger partial charge >= 0.3 is 5.63 Å². The minimum Gasteiger partial charge on any atom is -0.491 e. The zero-order chi connectivity index (χ0) is 16.9. The van der Waals surface area contributed by atoms with Crippen molar-refractivity contribution in [3.8, 4) is 5.75 Å². The Morgan fingerprint density at radius 1 is 1.08 bits per heavy atom. The zero-order valence-corrected chi connectivity index (χ0v) is 14.2. The van der Waals surface area contributed by atoms with E-state index in [9.17, 15) is 4.79 Å². The summed E-state index contributed by atoms with van der Waals surface area (Å²) in [5.41, 5.74) is 0.0908. The quantitative estimate of drug-likeness (QED) is 0.601. The summed E-state index contributed by atoms with van der Waals surface area (Å²) >= 11 is 0. The van der Waals surface area contributed by atoms with Crippen molar-refractivity contribution < 1.29 is 18.6 Å². The number of benzene rings is 1. The fourth-order valence-electron chi connectivity index (χ4n) is 3.18. The van der Waals surface area contributed by atoms with E-state index in [0.29, 0.717) is 24.0 Å². The molecule has 24 heavy (non-hydrogen) atoms. The van der Waals surface area contributed by atoms with E-state index in [1.807, 2.05) is 12.1 Å². The SMILES string of the molecule is CC1(C)OC1CCC1(C)OC1COc1ccc2ccc(=O)oc2c1. The predicted octanol–water partition coefficient (Wildman–Crippen LogP) is 3.29. The Kier molecular flexibility index (Phi) is 3.48. The Bertz CT molecular complexity index is 824. The van der Waals surface area contributed by atoms with E-state index in [2.05, 4.69) is 20.8 Å². The highest BCUT2D eigenvalue weighted by Gasteiger charge is 2.55. The molecule has 2 saturated heterocycles. The summed E-state index contributed by atoms with van der Waals surface area (Å²) in [4.78, 5) is 11.3. The molecule has 5 heteroatoms. The Hall–Kier alpha value is -1.85. The number of epoxide rings is 2. The average Bonchev–Trinajstić information content (AvgIpc) is 3.38. The van der Waals surface area contributed by atoms with Crippen molar-refractivity contribution in [2.75, 3.05) is 6.61 Å². The van der Waals surface area contributed by atoms with E-state index in [4.69, 9.17) is 18.6 Å². The molecule has 0 saturated carbocycles. The van der Waals surface area contributed by atoms with Crippen LogP contribution in [0.1, 0.15) is 33.6 Å². The van der Waals surface area contributed by atoms with Crippen LogP contribution in [-0.4, -0.2) is 30.0 Å². The van der Waals surface area contributed by atoms with Gasteiger partial charge < -0.3 is 18.6 Å².